The molecule has 3 nitrogen and oxygen atoms in total. The van der Waals surface area contributed by atoms with Gasteiger partial charge in [0, 0.05) is 34.6 Å². The molecule has 8 aromatic rings. The van der Waals surface area contributed by atoms with Crippen molar-refractivity contribution in [2.75, 3.05) is 16.8 Å². The zero-order valence-corrected chi connectivity index (χ0v) is 24.0. The Morgan fingerprint density at radius 3 is 2.05 bits per heavy atom. The Balaban J connectivity index is 1.14. The van der Waals surface area contributed by atoms with E-state index in [0.717, 1.165) is 46.0 Å². The summed E-state index contributed by atoms with van der Waals surface area (Å²) in [7, 11) is 0. The number of benzene rings is 7. The molecule has 0 saturated heterocycles. The van der Waals surface area contributed by atoms with Crippen LogP contribution in [0.3, 0.4) is 0 Å². The first kappa shape index (κ1) is 24.8. The summed E-state index contributed by atoms with van der Waals surface area (Å²) in [5, 5.41) is 12.1. The molecular weight excluding hydrogens is 536 g/mol. The maximum Gasteiger partial charge on any atom is 0.201 e. The lowest BCUT2D eigenvalue weighted by molar-refractivity contribution is 0.628. The van der Waals surface area contributed by atoms with Crippen molar-refractivity contribution in [2.24, 2.45) is 0 Å². The van der Waals surface area contributed by atoms with Crippen LogP contribution in [0.4, 0.5) is 22.9 Å². The van der Waals surface area contributed by atoms with Gasteiger partial charge in [-0.2, -0.15) is 0 Å². The fourth-order valence-electron chi connectivity index (χ4n) is 6.69. The molecule has 0 bridgehead atoms. The Morgan fingerprint density at radius 2 is 1.18 bits per heavy atom. The van der Waals surface area contributed by atoms with Gasteiger partial charge in [0.05, 0.1) is 0 Å². The van der Waals surface area contributed by atoms with Crippen LogP contribution < -0.4 is 10.2 Å². The van der Waals surface area contributed by atoms with Gasteiger partial charge in [0.1, 0.15) is 5.58 Å². The van der Waals surface area contributed by atoms with E-state index < -0.39 is 0 Å². The van der Waals surface area contributed by atoms with Crippen molar-refractivity contribution < 1.29 is 4.42 Å². The monoisotopic (exact) mass is 564 g/mol. The second-order valence-corrected chi connectivity index (χ2v) is 11.4. The minimum absolute atomic E-state index is 0.784. The van der Waals surface area contributed by atoms with Crippen LogP contribution >= 0.6 is 0 Å². The summed E-state index contributed by atoms with van der Waals surface area (Å²) in [4.78, 5) is 2.31. The maximum absolute atomic E-state index is 6.10. The molecule has 3 heteroatoms. The van der Waals surface area contributed by atoms with Crippen LogP contribution in [-0.2, 0) is 0 Å². The van der Waals surface area contributed by atoms with Crippen molar-refractivity contribution in [1.29, 1.82) is 0 Å². The van der Waals surface area contributed by atoms with Crippen molar-refractivity contribution in [3.63, 3.8) is 0 Å². The number of nitrogens with one attached hydrogen (secondary N) is 1. The molecule has 0 fully saturated rings. The first-order chi connectivity index (χ1) is 21.8. The number of rotatable bonds is 4. The summed E-state index contributed by atoms with van der Waals surface area (Å²) in [6, 6.07) is 50.4. The van der Waals surface area contributed by atoms with Crippen LogP contribution in [0.5, 0.6) is 0 Å². The van der Waals surface area contributed by atoms with Gasteiger partial charge in [-0.25, -0.2) is 0 Å². The van der Waals surface area contributed by atoms with E-state index in [2.05, 4.69) is 162 Å². The molecule has 7 aromatic carbocycles. The van der Waals surface area contributed by atoms with E-state index in [1.54, 1.807) is 0 Å². The minimum atomic E-state index is 0.784. The second-order valence-electron chi connectivity index (χ2n) is 11.4. The Morgan fingerprint density at radius 1 is 0.500 bits per heavy atom. The number of anilines is 4. The number of hydrogen-bond acceptors (Lipinski definition) is 3. The molecule has 9 rings (SSSR count). The van der Waals surface area contributed by atoms with Crippen LogP contribution in [0.1, 0.15) is 5.56 Å². The zero-order chi connectivity index (χ0) is 29.0. The average Bonchev–Trinajstić information content (AvgIpc) is 3.47. The van der Waals surface area contributed by atoms with Crippen molar-refractivity contribution >= 4 is 72.3 Å². The molecule has 208 valence electrons. The Bertz CT molecular complexity index is 2380. The Labute approximate surface area is 255 Å². The third-order valence-electron chi connectivity index (χ3n) is 8.85. The van der Waals surface area contributed by atoms with E-state index in [1.165, 1.54) is 43.4 Å². The largest absolute Gasteiger partial charge is 0.440 e. The molecule has 44 heavy (non-hydrogen) atoms. The maximum atomic E-state index is 6.10. The fraction of sp³-hybridized carbons (Fsp3) is 0.0244. The average molecular weight is 565 g/mol. The van der Waals surface area contributed by atoms with Gasteiger partial charge in [-0.1, -0.05) is 103 Å². The summed E-state index contributed by atoms with van der Waals surface area (Å²) in [5.41, 5.74) is 7.69. The molecule has 1 N–H and O–H groups in total. The smallest absolute Gasteiger partial charge is 0.201 e. The highest BCUT2D eigenvalue weighted by atomic mass is 16.3. The molecule has 0 atom stereocenters. The number of fused-ring (bicyclic) bond motifs is 8. The standard InChI is InChI=1S/C41H28N2O/c1-2-8-31(9-3-1)43(33-20-23-40-39(26-33)37-11-6-24-42-41(37)44-40)32-18-14-27(15-19-32)30-13-12-29-17-21-35-34-10-5-4-7-28(34)16-22-36(35)38(29)25-30/h1-23,25-26,42H,24H2. The number of para-hydroxylation sites is 1. The lowest BCUT2D eigenvalue weighted by Crippen LogP contribution is -2.09. The van der Waals surface area contributed by atoms with E-state index in [0.29, 0.717) is 0 Å². The zero-order valence-electron chi connectivity index (χ0n) is 24.0. The summed E-state index contributed by atoms with van der Waals surface area (Å²) in [6.07, 6.45) is 4.29. The summed E-state index contributed by atoms with van der Waals surface area (Å²) in [6.45, 7) is 0.784. The third-order valence-corrected chi connectivity index (χ3v) is 8.85. The third kappa shape index (κ3) is 3.98. The van der Waals surface area contributed by atoms with Gasteiger partial charge in [-0.3, -0.25) is 0 Å². The van der Waals surface area contributed by atoms with E-state index >= 15 is 0 Å². The van der Waals surface area contributed by atoms with Gasteiger partial charge in [-0.05, 0) is 92.0 Å². The summed E-state index contributed by atoms with van der Waals surface area (Å²) < 4.78 is 6.10. The molecular formula is C41H28N2O. The highest BCUT2D eigenvalue weighted by molar-refractivity contribution is 6.17. The van der Waals surface area contributed by atoms with Crippen LogP contribution in [0.15, 0.2) is 150 Å². The lowest BCUT2D eigenvalue weighted by atomic mass is 9.94. The number of furan rings is 1. The molecule has 1 aliphatic heterocycles. The SMILES string of the molecule is C1=Cc2c(oc3ccc(N(c4ccccc4)c4ccc(-c5ccc6ccc7c8ccccc8ccc7c6c5)cc4)cc23)NC1. The topological polar surface area (TPSA) is 28.4 Å². The lowest BCUT2D eigenvalue weighted by Gasteiger charge is -2.25. The van der Waals surface area contributed by atoms with Gasteiger partial charge in [0.15, 0.2) is 0 Å². The van der Waals surface area contributed by atoms with Gasteiger partial charge >= 0.3 is 0 Å². The van der Waals surface area contributed by atoms with Gasteiger partial charge in [0.25, 0.3) is 0 Å². The molecule has 0 saturated carbocycles. The molecule has 1 aromatic heterocycles. The molecule has 2 heterocycles. The van der Waals surface area contributed by atoms with Crippen LogP contribution in [0.2, 0.25) is 0 Å². The van der Waals surface area contributed by atoms with Gasteiger partial charge in [-0.15, -0.1) is 0 Å². The number of nitrogens with zero attached hydrogens (tertiary/aromatic N) is 1. The highest BCUT2D eigenvalue weighted by Gasteiger charge is 2.18. The van der Waals surface area contributed by atoms with Gasteiger partial charge < -0.3 is 14.6 Å². The quantitative estimate of drug-likeness (QED) is 0.216. The van der Waals surface area contributed by atoms with Crippen LogP contribution in [-0.4, -0.2) is 6.54 Å². The van der Waals surface area contributed by atoms with Crippen molar-refractivity contribution in [3.05, 3.63) is 151 Å². The first-order valence-electron chi connectivity index (χ1n) is 15.1. The molecule has 0 unspecified atom stereocenters. The molecule has 0 spiro atoms. The minimum Gasteiger partial charge on any atom is -0.440 e. The van der Waals surface area contributed by atoms with E-state index in [-0.39, 0.29) is 0 Å². The molecule has 0 radical (unpaired) electrons. The van der Waals surface area contributed by atoms with E-state index in [4.69, 9.17) is 4.42 Å². The molecule has 1 aliphatic rings. The van der Waals surface area contributed by atoms with E-state index in [1.807, 2.05) is 0 Å². The summed E-state index contributed by atoms with van der Waals surface area (Å²) in [5.74, 6) is 0.839. The van der Waals surface area contributed by atoms with E-state index in [9.17, 15) is 0 Å². The first-order valence-corrected chi connectivity index (χ1v) is 15.1. The molecule has 0 amide bonds. The highest BCUT2D eigenvalue weighted by Crippen LogP contribution is 2.41. The Kier molecular flexibility index (Phi) is 5.57. The van der Waals surface area contributed by atoms with Crippen LogP contribution in [0, 0.1) is 0 Å². The Hall–Kier alpha value is -5.80. The van der Waals surface area contributed by atoms with Crippen molar-refractivity contribution in [3.8, 4) is 11.1 Å². The second kappa shape index (κ2) is 9.89. The predicted molar refractivity (Wildman–Crippen MR) is 186 cm³/mol. The summed E-state index contributed by atoms with van der Waals surface area (Å²) >= 11 is 0. The van der Waals surface area contributed by atoms with Gasteiger partial charge in [0.2, 0.25) is 5.88 Å². The van der Waals surface area contributed by atoms with Crippen molar-refractivity contribution in [2.45, 2.75) is 0 Å². The number of hydrogen-bond donors (Lipinski definition) is 1. The fourth-order valence-corrected chi connectivity index (χ4v) is 6.69. The van der Waals surface area contributed by atoms with Crippen LogP contribution in [0.25, 0.3) is 60.5 Å². The van der Waals surface area contributed by atoms with Crippen molar-refractivity contribution in [1.82, 2.24) is 0 Å². The normalized spacial score (nSPS) is 12.5. The predicted octanol–water partition coefficient (Wildman–Crippen LogP) is 11.5. The molecule has 0 aliphatic carbocycles.